The number of aromatic nitrogens is 1. The maximum atomic E-state index is 13.5. The summed E-state index contributed by atoms with van der Waals surface area (Å²) in [6.07, 6.45) is 4.22. The number of fused-ring (bicyclic) bond motifs is 3. The number of piperazine rings is 1. The Kier molecular flexibility index (Phi) is 6.25. The van der Waals surface area contributed by atoms with Crippen molar-refractivity contribution in [1.82, 2.24) is 10.3 Å². The second-order valence-corrected chi connectivity index (χ2v) is 8.76. The van der Waals surface area contributed by atoms with Gasteiger partial charge in [-0.1, -0.05) is 24.3 Å². The van der Waals surface area contributed by atoms with Crippen LogP contribution in [0.15, 0.2) is 67.0 Å². The highest BCUT2D eigenvalue weighted by molar-refractivity contribution is 5.82. The van der Waals surface area contributed by atoms with E-state index < -0.39 is 0 Å². The monoisotopic (exact) mass is 458 g/mol. The van der Waals surface area contributed by atoms with Crippen molar-refractivity contribution in [2.75, 3.05) is 43.7 Å². The van der Waals surface area contributed by atoms with Crippen LogP contribution in [0.2, 0.25) is 0 Å². The molecule has 3 aromatic rings. The number of pyridine rings is 1. The number of nitrogens with one attached hydrogen (secondary N) is 1. The number of carbonyl (C=O) groups is 1. The minimum absolute atomic E-state index is 0.0344. The Labute approximate surface area is 200 Å². The third kappa shape index (κ3) is 4.25. The number of amides is 1. The van der Waals surface area contributed by atoms with Crippen molar-refractivity contribution >= 4 is 17.3 Å². The molecule has 1 aromatic heterocycles. The van der Waals surface area contributed by atoms with Crippen LogP contribution in [0.3, 0.4) is 0 Å². The predicted molar refractivity (Wildman–Crippen MR) is 133 cm³/mol. The second kappa shape index (κ2) is 9.63. The number of methoxy groups -OCH3 is 2. The normalized spacial score (nSPS) is 19.1. The lowest BCUT2D eigenvalue weighted by atomic mass is 9.83. The van der Waals surface area contributed by atoms with Gasteiger partial charge in [0.25, 0.3) is 0 Å². The minimum Gasteiger partial charge on any atom is -0.497 e. The highest BCUT2D eigenvalue weighted by atomic mass is 16.5. The Morgan fingerprint density at radius 1 is 1.06 bits per heavy atom. The van der Waals surface area contributed by atoms with E-state index in [-0.39, 0.29) is 17.9 Å². The third-order valence-electron chi connectivity index (χ3n) is 6.88. The maximum Gasteiger partial charge on any atom is 0.225 e. The van der Waals surface area contributed by atoms with Gasteiger partial charge in [-0.15, -0.1) is 0 Å². The molecule has 7 nitrogen and oxygen atoms in total. The molecule has 34 heavy (non-hydrogen) atoms. The molecule has 0 saturated carbocycles. The number of nitrogens with zero attached hydrogens (tertiary/aromatic N) is 3. The van der Waals surface area contributed by atoms with Crippen LogP contribution < -0.4 is 24.6 Å². The molecule has 2 atom stereocenters. The standard InChI is InChI=1S/C27H30N4O3/c1-33-21-10-9-20-14-22(27(32)29-17-19-6-5-11-28-16-19)25-18-30(12-13-31(25)24(20)15-21)23-7-3-4-8-26(23)34-2/h3-11,15-16,22,25H,12-14,17-18H2,1-2H3,(H,29,32)/t22-,25+/m0/s1. The van der Waals surface area contributed by atoms with Crippen LogP contribution in [0.4, 0.5) is 11.4 Å². The van der Waals surface area contributed by atoms with E-state index in [4.69, 9.17) is 9.47 Å². The Bertz CT molecular complexity index is 1150. The number of hydrogen-bond acceptors (Lipinski definition) is 6. The van der Waals surface area contributed by atoms with E-state index >= 15 is 0 Å². The molecular formula is C27H30N4O3. The van der Waals surface area contributed by atoms with Crippen LogP contribution in [-0.2, 0) is 17.8 Å². The van der Waals surface area contributed by atoms with Gasteiger partial charge in [0.15, 0.2) is 0 Å². The van der Waals surface area contributed by atoms with E-state index in [0.29, 0.717) is 13.0 Å². The summed E-state index contributed by atoms with van der Waals surface area (Å²) in [5.41, 5.74) is 4.41. The minimum atomic E-state index is -0.171. The van der Waals surface area contributed by atoms with Gasteiger partial charge in [-0.2, -0.15) is 0 Å². The van der Waals surface area contributed by atoms with Crippen LogP contribution in [0, 0.1) is 5.92 Å². The summed E-state index contributed by atoms with van der Waals surface area (Å²) in [5.74, 6) is 1.59. The molecule has 2 aromatic carbocycles. The highest BCUT2D eigenvalue weighted by Crippen LogP contribution is 2.40. The summed E-state index contributed by atoms with van der Waals surface area (Å²) in [5, 5.41) is 3.16. The largest absolute Gasteiger partial charge is 0.497 e. The lowest BCUT2D eigenvalue weighted by molar-refractivity contribution is -0.126. The molecule has 1 saturated heterocycles. The number of rotatable bonds is 6. The molecule has 0 bridgehead atoms. The van der Waals surface area contributed by atoms with E-state index in [2.05, 4.69) is 38.3 Å². The van der Waals surface area contributed by atoms with Crippen molar-refractivity contribution in [2.24, 2.45) is 5.92 Å². The molecule has 0 aliphatic carbocycles. The Morgan fingerprint density at radius 2 is 1.94 bits per heavy atom. The van der Waals surface area contributed by atoms with Crippen molar-refractivity contribution in [3.63, 3.8) is 0 Å². The van der Waals surface area contributed by atoms with Gasteiger partial charge in [-0.25, -0.2) is 0 Å². The lowest BCUT2D eigenvalue weighted by Crippen LogP contribution is -2.61. The summed E-state index contributed by atoms with van der Waals surface area (Å²) in [6.45, 7) is 2.87. The molecule has 5 rings (SSSR count). The Morgan fingerprint density at radius 3 is 2.74 bits per heavy atom. The summed E-state index contributed by atoms with van der Waals surface area (Å²) >= 11 is 0. The highest BCUT2D eigenvalue weighted by Gasteiger charge is 2.42. The molecule has 1 N–H and O–H groups in total. The van der Waals surface area contributed by atoms with Crippen LogP contribution in [0.1, 0.15) is 11.1 Å². The first-order valence-corrected chi connectivity index (χ1v) is 11.7. The molecule has 3 heterocycles. The molecule has 0 unspecified atom stereocenters. The number of benzene rings is 2. The first kappa shape index (κ1) is 22.1. The van der Waals surface area contributed by atoms with E-state index in [1.54, 1.807) is 26.6 Å². The second-order valence-electron chi connectivity index (χ2n) is 8.76. The molecule has 176 valence electrons. The van der Waals surface area contributed by atoms with E-state index in [1.165, 1.54) is 11.3 Å². The van der Waals surface area contributed by atoms with Gasteiger partial charge in [0, 0.05) is 50.3 Å². The van der Waals surface area contributed by atoms with Gasteiger partial charge in [0.2, 0.25) is 5.91 Å². The van der Waals surface area contributed by atoms with Crippen LogP contribution in [-0.4, -0.2) is 50.8 Å². The summed E-state index contributed by atoms with van der Waals surface area (Å²) in [7, 11) is 3.39. The molecule has 1 amide bonds. The van der Waals surface area contributed by atoms with Crippen molar-refractivity contribution < 1.29 is 14.3 Å². The van der Waals surface area contributed by atoms with Crippen molar-refractivity contribution in [3.8, 4) is 11.5 Å². The molecule has 2 aliphatic heterocycles. The third-order valence-corrected chi connectivity index (χ3v) is 6.88. The van der Waals surface area contributed by atoms with Gasteiger partial charge in [0.05, 0.1) is 31.9 Å². The molecule has 0 radical (unpaired) electrons. The summed E-state index contributed by atoms with van der Waals surface area (Å²) in [4.78, 5) is 22.4. The fourth-order valence-corrected chi connectivity index (χ4v) is 5.14. The number of carbonyl (C=O) groups excluding carboxylic acids is 1. The van der Waals surface area contributed by atoms with Gasteiger partial charge in [0.1, 0.15) is 11.5 Å². The number of ether oxygens (including phenoxy) is 2. The maximum absolute atomic E-state index is 13.5. The fraction of sp³-hybridized carbons (Fsp3) is 0.333. The van der Waals surface area contributed by atoms with Crippen molar-refractivity contribution in [1.29, 1.82) is 0 Å². The Balaban J connectivity index is 1.44. The smallest absolute Gasteiger partial charge is 0.225 e. The molecule has 2 aliphatic rings. The summed E-state index contributed by atoms with van der Waals surface area (Å²) < 4.78 is 11.1. The van der Waals surface area contributed by atoms with E-state index in [0.717, 1.165) is 42.4 Å². The van der Waals surface area contributed by atoms with Gasteiger partial charge < -0.3 is 24.6 Å². The molecule has 0 spiro atoms. The zero-order valence-electron chi connectivity index (χ0n) is 19.6. The van der Waals surface area contributed by atoms with E-state index in [9.17, 15) is 4.79 Å². The first-order valence-electron chi connectivity index (χ1n) is 11.7. The van der Waals surface area contributed by atoms with Crippen LogP contribution >= 0.6 is 0 Å². The Hall–Kier alpha value is -3.74. The number of anilines is 2. The fourth-order valence-electron chi connectivity index (χ4n) is 5.14. The topological polar surface area (TPSA) is 66.9 Å². The lowest BCUT2D eigenvalue weighted by Gasteiger charge is -2.49. The van der Waals surface area contributed by atoms with Crippen molar-refractivity contribution in [2.45, 2.75) is 19.0 Å². The average molecular weight is 459 g/mol. The zero-order chi connectivity index (χ0) is 23.5. The number of para-hydroxylation sites is 2. The zero-order valence-corrected chi connectivity index (χ0v) is 19.6. The SMILES string of the molecule is COc1ccc2c(c1)N1CCN(c3ccccc3OC)C[C@@H]1[C@@H](C(=O)NCc1cccnc1)C2. The molecular weight excluding hydrogens is 428 g/mol. The van der Waals surface area contributed by atoms with E-state index in [1.807, 2.05) is 36.4 Å². The average Bonchev–Trinajstić information content (AvgIpc) is 2.91. The quantitative estimate of drug-likeness (QED) is 0.612. The van der Waals surface area contributed by atoms with Gasteiger partial charge in [-0.3, -0.25) is 9.78 Å². The molecule has 1 fully saturated rings. The van der Waals surface area contributed by atoms with Crippen LogP contribution in [0.5, 0.6) is 11.5 Å². The van der Waals surface area contributed by atoms with Gasteiger partial charge in [-0.05, 0) is 41.8 Å². The first-order chi connectivity index (χ1) is 16.7. The predicted octanol–water partition coefficient (Wildman–Crippen LogP) is 3.28. The van der Waals surface area contributed by atoms with Crippen LogP contribution in [0.25, 0.3) is 0 Å². The summed E-state index contributed by atoms with van der Waals surface area (Å²) in [6, 6.07) is 18.2. The van der Waals surface area contributed by atoms with Crippen molar-refractivity contribution in [3.05, 3.63) is 78.1 Å². The molecule has 7 heteroatoms. The number of hydrogen-bond donors (Lipinski definition) is 1. The van der Waals surface area contributed by atoms with Gasteiger partial charge >= 0.3 is 0 Å².